The molecule has 166 valence electrons. The summed E-state index contributed by atoms with van der Waals surface area (Å²) in [4.78, 5) is 32.2. The second-order valence-electron chi connectivity index (χ2n) is 9.17. The van der Waals surface area contributed by atoms with Crippen molar-refractivity contribution in [2.24, 2.45) is 11.8 Å². The van der Waals surface area contributed by atoms with Crippen molar-refractivity contribution < 1.29 is 9.59 Å². The lowest BCUT2D eigenvalue weighted by molar-refractivity contribution is -0.137. The Balaban J connectivity index is 1.60. The highest BCUT2D eigenvalue weighted by Crippen LogP contribution is 2.26. The normalized spacial score (nSPS) is 20.2. The van der Waals surface area contributed by atoms with Gasteiger partial charge in [0.25, 0.3) is 0 Å². The topological polar surface area (TPSA) is 55.9 Å². The van der Waals surface area contributed by atoms with E-state index >= 15 is 0 Å². The maximum atomic E-state index is 13.5. The molecule has 1 heterocycles. The van der Waals surface area contributed by atoms with E-state index in [2.05, 4.69) is 29.2 Å². The van der Waals surface area contributed by atoms with Gasteiger partial charge in [-0.1, -0.05) is 37.5 Å². The summed E-state index contributed by atoms with van der Waals surface area (Å²) < 4.78 is 0. The van der Waals surface area contributed by atoms with Crippen molar-refractivity contribution in [1.82, 2.24) is 14.7 Å². The average molecular weight is 415 g/mol. The predicted molar refractivity (Wildman–Crippen MR) is 121 cm³/mol. The zero-order valence-corrected chi connectivity index (χ0v) is 18.7. The molecule has 0 bridgehead atoms. The molecule has 0 spiro atoms. The molecule has 6 nitrogen and oxygen atoms in total. The zero-order valence-electron chi connectivity index (χ0n) is 18.7. The number of urea groups is 1. The summed E-state index contributed by atoms with van der Waals surface area (Å²) in [7, 11) is 4.11. The van der Waals surface area contributed by atoms with Gasteiger partial charge in [-0.05, 0) is 57.8 Å². The Kier molecular flexibility index (Phi) is 8.55. The van der Waals surface area contributed by atoms with Crippen LogP contribution in [0.25, 0.3) is 0 Å². The molecule has 2 fully saturated rings. The van der Waals surface area contributed by atoms with E-state index in [1.54, 1.807) is 0 Å². The number of nitrogens with zero attached hydrogens (tertiary/aromatic N) is 3. The summed E-state index contributed by atoms with van der Waals surface area (Å²) in [5.41, 5.74) is 0.792. The van der Waals surface area contributed by atoms with E-state index < -0.39 is 0 Å². The minimum atomic E-state index is -0.106. The first-order chi connectivity index (χ1) is 14.5. The van der Waals surface area contributed by atoms with E-state index in [9.17, 15) is 9.59 Å². The lowest BCUT2D eigenvalue weighted by Gasteiger charge is -2.37. The van der Waals surface area contributed by atoms with Gasteiger partial charge >= 0.3 is 6.03 Å². The van der Waals surface area contributed by atoms with Crippen LogP contribution >= 0.6 is 0 Å². The molecule has 1 saturated heterocycles. The fourth-order valence-corrected chi connectivity index (χ4v) is 4.64. The highest BCUT2D eigenvalue weighted by Gasteiger charge is 2.32. The number of piperidine rings is 1. The van der Waals surface area contributed by atoms with E-state index in [1.165, 1.54) is 32.1 Å². The van der Waals surface area contributed by atoms with Gasteiger partial charge in [0.2, 0.25) is 5.91 Å². The molecular weight excluding hydrogens is 376 g/mol. The molecule has 6 heteroatoms. The zero-order chi connectivity index (χ0) is 21.3. The monoisotopic (exact) mass is 414 g/mol. The van der Waals surface area contributed by atoms with Gasteiger partial charge in [-0.15, -0.1) is 0 Å². The Hall–Kier alpha value is -2.08. The molecule has 1 aliphatic carbocycles. The fraction of sp³-hybridized carbons (Fsp3) is 0.667. The smallest absolute Gasteiger partial charge is 0.321 e. The first-order valence-electron chi connectivity index (χ1n) is 11.6. The van der Waals surface area contributed by atoms with E-state index in [4.69, 9.17) is 0 Å². The maximum absolute atomic E-state index is 13.5. The fourth-order valence-electron chi connectivity index (χ4n) is 4.64. The number of likely N-dealkylation sites (tertiary alicyclic amines) is 1. The Morgan fingerprint density at radius 2 is 1.73 bits per heavy atom. The maximum Gasteiger partial charge on any atom is 0.321 e. The molecule has 2 aliphatic rings. The van der Waals surface area contributed by atoms with Crippen LogP contribution in [-0.4, -0.2) is 73.5 Å². The van der Waals surface area contributed by atoms with Crippen LogP contribution in [0.1, 0.15) is 44.9 Å². The number of nitrogens with one attached hydrogen (secondary N) is 1. The lowest BCUT2D eigenvalue weighted by Crippen LogP contribution is -2.50. The van der Waals surface area contributed by atoms with Gasteiger partial charge in [-0.3, -0.25) is 4.79 Å². The van der Waals surface area contributed by atoms with Gasteiger partial charge in [0, 0.05) is 38.4 Å². The van der Waals surface area contributed by atoms with Gasteiger partial charge in [0.15, 0.2) is 0 Å². The number of amides is 3. The molecule has 1 aliphatic heterocycles. The number of likely N-dealkylation sites (N-methyl/N-ethyl adjacent to an activating group) is 1. The van der Waals surface area contributed by atoms with Gasteiger partial charge < -0.3 is 20.0 Å². The molecule has 1 aromatic carbocycles. The minimum Gasteiger partial charge on any atom is -0.341 e. The minimum absolute atomic E-state index is 0.0916. The summed E-state index contributed by atoms with van der Waals surface area (Å²) in [6, 6.07) is 9.42. The second kappa shape index (κ2) is 11.3. The Morgan fingerprint density at radius 3 is 2.43 bits per heavy atom. The van der Waals surface area contributed by atoms with Crippen LogP contribution in [0.3, 0.4) is 0 Å². The number of anilines is 1. The first-order valence-corrected chi connectivity index (χ1v) is 11.6. The van der Waals surface area contributed by atoms with Gasteiger partial charge in [0.05, 0.1) is 5.92 Å². The van der Waals surface area contributed by atoms with Crippen LogP contribution in [0.15, 0.2) is 30.3 Å². The summed E-state index contributed by atoms with van der Waals surface area (Å²) in [5.74, 6) is 0.775. The van der Waals surface area contributed by atoms with Crippen LogP contribution in [0.4, 0.5) is 10.5 Å². The van der Waals surface area contributed by atoms with Crippen molar-refractivity contribution in [2.75, 3.05) is 52.1 Å². The van der Waals surface area contributed by atoms with Crippen LogP contribution in [0.2, 0.25) is 0 Å². The first kappa shape index (κ1) is 22.6. The van der Waals surface area contributed by atoms with Crippen molar-refractivity contribution in [3.05, 3.63) is 30.3 Å². The number of hydrogen-bond donors (Lipinski definition) is 1. The Labute approximate surface area is 181 Å². The number of para-hydroxylation sites is 1. The average Bonchev–Trinajstić information content (AvgIpc) is 2.77. The molecule has 1 N–H and O–H groups in total. The molecule has 3 amide bonds. The van der Waals surface area contributed by atoms with Crippen LogP contribution in [0, 0.1) is 11.8 Å². The van der Waals surface area contributed by atoms with E-state index in [0.717, 1.165) is 38.2 Å². The van der Waals surface area contributed by atoms with Crippen molar-refractivity contribution >= 4 is 17.6 Å². The van der Waals surface area contributed by atoms with Crippen LogP contribution in [-0.2, 0) is 4.79 Å². The predicted octanol–water partition coefficient (Wildman–Crippen LogP) is 3.90. The molecule has 0 aromatic heterocycles. The van der Waals surface area contributed by atoms with E-state index in [0.29, 0.717) is 19.0 Å². The van der Waals surface area contributed by atoms with Crippen molar-refractivity contribution in [3.8, 4) is 0 Å². The largest absolute Gasteiger partial charge is 0.341 e. The Morgan fingerprint density at radius 1 is 1.00 bits per heavy atom. The highest BCUT2D eigenvalue weighted by molar-refractivity contribution is 5.90. The molecule has 1 unspecified atom stereocenters. The number of benzene rings is 1. The van der Waals surface area contributed by atoms with Crippen molar-refractivity contribution in [2.45, 2.75) is 44.9 Å². The number of carbonyl (C=O) groups excluding carboxylic acids is 2. The van der Waals surface area contributed by atoms with Gasteiger partial charge in [-0.2, -0.15) is 0 Å². The third-order valence-electron chi connectivity index (χ3n) is 6.42. The highest BCUT2D eigenvalue weighted by atomic mass is 16.2. The quantitative estimate of drug-likeness (QED) is 0.736. The van der Waals surface area contributed by atoms with Crippen molar-refractivity contribution in [1.29, 1.82) is 0 Å². The van der Waals surface area contributed by atoms with Crippen LogP contribution < -0.4 is 5.32 Å². The Bertz CT molecular complexity index is 673. The summed E-state index contributed by atoms with van der Waals surface area (Å²) in [5, 5.41) is 2.96. The van der Waals surface area contributed by atoms with E-state index in [1.807, 2.05) is 35.2 Å². The van der Waals surface area contributed by atoms with E-state index in [-0.39, 0.29) is 17.9 Å². The SMILES string of the molecule is CN(C)CCN(CC1CCCCC1)C(=O)C1CCCN(C(=O)Nc2ccccc2)C1. The molecule has 3 rings (SSSR count). The molecule has 0 radical (unpaired) electrons. The second-order valence-corrected chi connectivity index (χ2v) is 9.17. The summed E-state index contributed by atoms with van der Waals surface area (Å²) in [6.45, 7) is 3.75. The third kappa shape index (κ3) is 6.73. The molecule has 1 atom stereocenters. The van der Waals surface area contributed by atoms with Gasteiger partial charge in [-0.25, -0.2) is 4.79 Å². The standard InChI is InChI=1S/C24H38N4O2/c1-26(2)16-17-27(18-20-10-5-3-6-11-20)23(29)21-12-9-15-28(19-21)24(30)25-22-13-7-4-8-14-22/h4,7-8,13-14,20-21H,3,5-6,9-12,15-19H2,1-2H3,(H,25,30). The third-order valence-corrected chi connectivity index (χ3v) is 6.42. The van der Waals surface area contributed by atoms with Crippen molar-refractivity contribution in [3.63, 3.8) is 0 Å². The molecular formula is C24H38N4O2. The molecule has 1 aromatic rings. The summed E-state index contributed by atoms with van der Waals surface area (Å²) in [6.07, 6.45) is 8.13. The summed E-state index contributed by atoms with van der Waals surface area (Å²) >= 11 is 0. The molecule has 1 saturated carbocycles. The number of hydrogen-bond acceptors (Lipinski definition) is 3. The van der Waals surface area contributed by atoms with Crippen LogP contribution in [0.5, 0.6) is 0 Å². The number of rotatable bonds is 7. The number of carbonyl (C=O) groups is 2. The lowest BCUT2D eigenvalue weighted by atomic mass is 9.88. The van der Waals surface area contributed by atoms with Gasteiger partial charge in [0.1, 0.15) is 0 Å². The molecule has 30 heavy (non-hydrogen) atoms.